The lowest BCUT2D eigenvalue weighted by atomic mass is 10.2. The Morgan fingerprint density at radius 3 is 2.78 bits per heavy atom. The van der Waals surface area contributed by atoms with Crippen molar-refractivity contribution in [3.05, 3.63) is 29.8 Å². The normalized spacial score (nSPS) is 17.9. The highest BCUT2D eigenvalue weighted by Gasteiger charge is 2.16. The molecule has 5 heteroatoms. The van der Waals surface area contributed by atoms with E-state index >= 15 is 0 Å². The molecule has 1 heterocycles. The zero-order chi connectivity index (χ0) is 12.1. The molecule has 1 aromatic rings. The molecule has 0 aromatic heterocycles. The van der Waals surface area contributed by atoms with E-state index in [4.69, 9.17) is 4.74 Å². The fraction of sp³-hybridized carbons (Fsp3) is 0.462. The van der Waals surface area contributed by atoms with Crippen molar-refractivity contribution in [2.24, 2.45) is 0 Å². The largest absolute Gasteiger partial charge is 0.484 e. The lowest BCUT2D eigenvalue weighted by Crippen LogP contribution is -2.39. The fourth-order valence-electron chi connectivity index (χ4n) is 1.83. The second-order valence-electron chi connectivity index (χ2n) is 4.36. The summed E-state index contributed by atoms with van der Waals surface area (Å²) in [6.45, 7) is 3.93. The smallest absolute Gasteiger partial charge is 0.258 e. The minimum absolute atomic E-state index is 0. The summed E-state index contributed by atoms with van der Waals surface area (Å²) in [4.78, 5) is 11.6. The molecular weight excluding hydrogens is 252 g/mol. The highest BCUT2D eigenvalue weighted by atomic mass is 35.5. The van der Waals surface area contributed by atoms with Gasteiger partial charge in [-0.1, -0.05) is 17.7 Å². The number of ether oxygens (including phenoxy) is 1. The molecule has 1 fully saturated rings. The van der Waals surface area contributed by atoms with Crippen LogP contribution < -0.4 is 15.4 Å². The molecule has 0 spiro atoms. The van der Waals surface area contributed by atoms with Gasteiger partial charge in [-0.15, -0.1) is 12.4 Å². The Morgan fingerprint density at radius 1 is 1.44 bits per heavy atom. The first kappa shape index (κ1) is 14.8. The lowest BCUT2D eigenvalue weighted by Gasteiger charge is -2.12. The minimum Gasteiger partial charge on any atom is -0.484 e. The van der Waals surface area contributed by atoms with Crippen molar-refractivity contribution in [3.8, 4) is 5.75 Å². The molecule has 100 valence electrons. The van der Waals surface area contributed by atoms with Gasteiger partial charge in [0.25, 0.3) is 5.91 Å². The number of nitrogens with one attached hydrogen (secondary N) is 2. The van der Waals surface area contributed by atoms with Crippen LogP contribution in [0.5, 0.6) is 5.75 Å². The molecule has 0 saturated carbocycles. The molecule has 0 aliphatic carbocycles. The van der Waals surface area contributed by atoms with Crippen molar-refractivity contribution in [3.63, 3.8) is 0 Å². The van der Waals surface area contributed by atoms with Crippen LogP contribution in [0.4, 0.5) is 0 Å². The molecule has 4 nitrogen and oxygen atoms in total. The SMILES string of the molecule is Cc1ccc(OCC(=O)NC2CCNC2)cc1.Cl. The summed E-state index contributed by atoms with van der Waals surface area (Å²) in [5.41, 5.74) is 1.18. The van der Waals surface area contributed by atoms with Crippen LogP contribution in [0.15, 0.2) is 24.3 Å². The van der Waals surface area contributed by atoms with E-state index in [2.05, 4.69) is 10.6 Å². The number of rotatable bonds is 4. The highest BCUT2D eigenvalue weighted by Crippen LogP contribution is 2.11. The van der Waals surface area contributed by atoms with Gasteiger partial charge >= 0.3 is 0 Å². The Balaban J connectivity index is 0.00000162. The predicted molar refractivity (Wildman–Crippen MR) is 73.3 cm³/mol. The maximum absolute atomic E-state index is 11.6. The minimum atomic E-state index is -0.0562. The standard InChI is InChI=1S/C13H18N2O2.ClH/c1-10-2-4-12(5-3-10)17-9-13(16)15-11-6-7-14-8-11;/h2-5,11,14H,6-9H2,1H3,(H,15,16);1H. The van der Waals surface area contributed by atoms with Gasteiger partial charge < -0.3 is 15.4 Å². The predicted octanol–water partition coefficient (Wildman–Crippen LogP) is 1.27. The molecule has 2 N–H and O–H groups in total. The topological polar surface area (TPSA) is 50.4 Å². The number of aryl methyl sites for hydroxylation is 1. The highest BCUT2D eigenvalue weighted by molar-refractivity contribution is 5.85. The third-order valence-corrected chi connectivity index (χ3v) is 2.82. The first-order chi connectivity index (χ1) is 8.24. The molecule has 1 amide bonds. The van der Waals surface area contributed by atoms with Gasteiger partial charge in [0.1, 0.15) is 5.75 Å². The van der Waals surface area contributed by atoms with Crippen molar-refractivity contribution in [1.82, 2.24) is 10.6 Å². The zero-order valence-corrected chi connectivity index (χ0v) is 11.3. The van der Waals surface area contributed by atoms with E-state index in [1.165, 1.54) is 5.56 Å². The molecular formula is C13H19ClN2O2. The average molecular weight is 271 g/mol. The second kappa shape index (κ2) is 7.24. The molecule has 0 radical (unpaired) electrons. The number of halogens is 1. The van der Waals surface area contributed by atoms with Gasteiger partial charge in [-0.2, -0.15) is 0 Å². The number of hydrogen-bond donors (Lipinski definition) is 2. The summed E-state index contributed by atoms with van der Waals surface area (Å²) in [6, 6.07) is 7.94. The number of benzene rings is 1. The van der Waals surface area contributed by atoms with E-state index in [1.54, 1.807) is 0 Å². The first-order valence-corrected chi connectivity index (χ1v) is 5.93. The van der Waals surface area contributed by atoms with Gasteiger partial charge in [0, 0.05) is 12.6 Å². The van der Waals surface area contributed by atoms with Crippen LogP contribution in [-0.4, -0.2) is 31.6 Å². The van der Waals surface area contributed by atoms with Gasteiger partial charge in [0.2, 0.25) is 0 Å². The average Bonchev–Trinajstić information content (AvgIpc) is 2.81. The summed E-state index contributed by atoms with van der Waals surface area (Å²) in [6.07, 6.45) is 0.996. The maximum atomic E-state index is 11.6. The fourth-order valence-corrected chi connectivity index (χ4v) is 1.83. The summed E-state index contributed by atoms with van der Waals surface area (Å²) < 4.78 is 5.40. The second-order valence-corrected chi connectivity index (χ2v) is 4.36. The lowest BCUT2D eigenvalue weighted by molar-refractivity contribution is -0.123. The van der Waals surface area contributed by atoms with Gasteiger partial charge in [0.15, 0.2) is 6.61 Å². The maximum Gasteiger partial charge on any atom is 0.258 e. The van der Waals surface area contributed by atoms with Gasteiger partial charge in [-0.05, 0) is 32.0 Å². The zero-order valence-electron chi connectivity index (χ0n) is 10.4. The Kier molecular flexibility index (Phi) is 5.95. The molecule has 1 unspecified atom stereocenters. The van der Waals surface area contributed by atoms with Crippen LogP contribution in [0, 0.1) is 6.92 Å². The number of carbonyl (C=O) groups is 1. The molecule has 0 bridgehead atoms. The quantitative estimate of drug-likeness (QED) is 0.866. The number of carbonyl (C=O) groups excluding carboxylic acids is 1. The molecule has 1 saturated heterocycles. The van der Waals surface area contributed by atoms with Gasteiger partial charge in [-0.25, -0.2) is 0 Å². The van der Waals surface area contributed by atoms with Gasteiger partial charge in [-0.3, -0.25) is 4.79 Å². The molecule has 2 rings (SSSR count). The Bertz CT molecular complexity index is 375. The van der Waals surface area contributed by atoms with E-state index < -0.39 is 0 Å². The van der Waals surface area contributed by atoms with Crippen LogP contribution in [0.1, 0.15) is 12.0 Å². The van der Waals surface area contributed by atoms with Crippen LogP contribution >= 0.6 is 12.4 Å². The molecule has 1 aromatic carbocycles. The Labute approximate surface area is 114 Å². The van der Waals surface area contributed by atoms with E-state index in [0.29, 0.717) is 0 Å². The number of hydrogen-bond acceptors (Lipinski definition) is 3. The third kappa shape index (κ3) is 4.55. The number of amides is 1. The van der Waals surface area contributed by atoms with E-state index in [9.17, 15) is 4.79 Å². The Morgan fingerprint density at radius 2 is 2.17 bits per heavy atom. The van der Waals surface area contributed by atoms with Crippen molar-refractivity contribution < 1.29 is 9.53 Å². The monoisotopic (exact) mass is 270 g/mol. The molecule has 18 heavy (non-hydrogen) atoms. The first-order valence-electron chi connectivity index (χ1n) is 5.93. The molecule has 1 aliphatic rings. The summed E-state index contributed by atoms with van der Waals surface area (Å²) in [5.74, 6) is 0.676. The van der Waals surface area contributed by atoms with Crippen molar-refractivity contribution >= 4 is 18.3 Å². The van der Waals surface area contributed by atoms with E-state index in [-0.39, 0.29) is 31.0 Å². The summed E-state index contributed by atoms with van der Waals surface area (Å²) in [5, 5.41) is 6.14. The van der Waals surface area contributed by atoms with Crippen molar-refractivity contribution in [1.29, 1.82) is 0 Å². The van der Waals surface area contributed by atoms with Crippen LogP contribution in [0.2, 0.25) is 0 Å². The van der Waals surface area contributed by atoms with E-state index in [0.717, 1.165) is 25.3 Å². The van der Waals surface area contributed by atoms with E-state index in [1.807, 2.05) is 31.2 Å². The summed E-state index contributed by atoms with van der Waals surface area (Å²) in [7, 11) is 0. The van der Waals surface area contributed by atoms with Crippen LogP contribution in [0.3, 0.4) is 0 Å². The third-order valence-electron chi connectivity index (χ3n) is 2.82. The van der Waals surface area contributed by atoms with Crippen molar-refractivity contribution in [2.75, 3.05) is 19.7 Å². The van der Waals surface area contributed by atoms with Crippen LogP contribution in [-0.2, 0) is 4.79 Å². The summed E-state index contributed by atoms with van der Waals surface area (Å²) >= 11 is 0. The van der Waals surface area contributed by atoms with Crippen LogP contribution in [0.25, 0.3) is 0 Å². The molecule has 1 atom stereocenters. The van der Waals surface area contributed by atoms with Crippen molar-refractivity contribution in [2.45, 2.75) is 19.4 Å². The Hall–Kier alpha value is -1.26. The van der Waals surface area contributed by atoms with Gasteiger partial charge in [0.05, 0.1) is 0 Å². The molecule has 1 aliphatic heterocycles.